The Kier molecular flexibility index (Phi) is 24.0. The zero-order valence-electron chi connectivity index (χ0n) is 53.4. The van der Waals surface area contributed by atoms with Crippen molar-refractivity contribution in [2.75, 3.05) is 51.2 Å². The van der Waals surface area contributed by atoms with Crippen LogP contribution in [0.3, 0.4) is 0 Å². The van der Waals surface area contributed by atoms with Crippen LogP contribution in [0.15, 0.2) is 61.1 Å². The van der Waals surface area contributed by atoms with Gasteiger partial charge in [-0.1, -0.05) is 54.2 Å². The number of nitrogens with zero attached hydrogens (tertiary/aromatic N) is 12. The number of aliphatic hydroxyl groups is 6. The highest BCUT2D eigenvalue weighted by atomic mass is 16.8. The summed E-state index contributed by atoms with van der Waals surface area (Å²) in [5.74, 6) is 1.59. The Morgan fingerprint density at radius 2 is 1.07 bits per heavy atom. The van der Waals surface area contributed by atoms with Gasteiger partial charge in [0.2, 0.25) is 0 Å². The molecule has 4 aliphatic heterocycles. The van der Waals surface area contributed by atoms with Crippen LogP contribution in [0.2, 0.25) is 0 Å². The van der Waals surface area contributed by atoms with Crippen LogP contribution >= 0.6 is 0 Å². The molecule has 0 radical (unpaired) electrons. The summed E-state index contributed by atoms with van der Waals surface area (Å²) >= 11 is 0. The van der Waals surface area contributed by atoms with Gasteiger partial charge in [0.05, 0.1) is 53.4 Å². The molecule has 518 valence electrons. The van der Waals surface area contributed by atoms with Gasteiger partial charge in [-0.25, -0.2) is 9.67 Å². The van der Waals surface area contributed by atoms with Crippen molar-refractivity contribution in [1.82, 2.24) is 59.8 Å². The van der Waals surface area contributed by atoms with Gasteiger partial charge in [-0.3, -0.25) is 9.36 Å². The van der Waals surface area contributed by atoms with Gasteiger partial charge in [0.15, 0.2) is 18.9 Å². The van der Waals surface area contributed by atoms with Crippen molar-refractivity contribution >= 4 is 16.7 Å². The predicted molar refractivity (Wildman–Crippen MR) is 340 cm³/mol. The van der Waals surface area contributed by atoms with Crippen LogP contribution in [0.1, 0.15) is 87.7 Å². The highest BCUT2D eigenvalue weighted by molar-refractivity contribution is 5.83. The Bertz CT molecular complexity index is 3260. The quantitative estimate of drug-likeness (QED) is 0.0206. The predicted octanol–water partition coefficient (Wildman–Crippen LogP) is -2.15. The third-order valence-electron chi connectivity index (χ3n) is 18.8. The fourth-order valence-corrected chi connectivity index (χ4v) is 13.0. The number of likely N-dealkylation sites (N-methyl/N-ethyl adjacent to an activating group) is 1. The van der Waals surface area contributed by atoms with Crippen molar-refractivity contribution in [2.24, 2.45) is 34.4 Å². The zero-order valence-corrected chi connectivity index (χ0v) is 53.4. The van der Waals surface area contributed by atoms with Gasteiger partial charge in [-0.05, 0) is 94.5 Å². The number of ether oxygens (including phenoxy) is 7. The van der Waals surface area contributed by atoms with E-state index in [0.29, 0.717) is 18.7 Å². The largest absolute Gasteiger partial charge is 0.487 e. The first-order valence-electron chi connectivity index (χ1n) is 33.3. The Morgan fingerprint density at radius 1 is 0.543 bits per heavy atom. The summed E-state index contributed by atoms with van der Waals surface area (Å²) in [6.07, 6.45) is -2.12. The number of aliphatic hydroxyl groups excluding tert-OH is 6. The number of H-pyrrole nitrogens is 1. The summed E-state index contributed by atoms with van der Waals surface area (Å²) in [6, 6.07) is 10.1. The molecule has 9 unspecified atom stereocenters. The molecule has 1 saturated carbocycles. The van der Waals surface area contributed by atoms with Crippen molar-refractivity contribution < 1.29 is 63.8 Å². The summed E-state index contributed by atoms with van der Waals surface area (Å²) in [7, 11) is 2.17. The number of nitrogens with two attached hydrogens (primary N) is 6. The van der Waals surface area contributed by atoms with Crippen molar-refractivity contribution in [2.45, 2.75) is 226 Å². The number of nitrogens with one attached hydrogen (secondary N) is 1. The first-order chi connectivity index (χ1) is 45.5. The van der Waals surface area contributed by atoms with Crippen molar-refractivity contribution in [3.05, 3.63) is 78.1 Å². The van der Waals surface area contributed by atoms with Gasteiger partial charge in [-0.15, -0.1) is 15.3 Å². The topological polar surface area (TPSA) is 469 Å². The number of anilines is 1. The van der Waals surface area contributed by atoms with E-state index in [9.17, 15) is 30.6 Å². The van der Waals surface area contributed by atoms with Crippen LogP contribution < -0.4 is 44.0 Å². The van der Waals surface area contributed by atoms with Gasteiger partial charge in [0, 0.05) is 88.1 Å². The Morgan fingerprint density at radius 3 is 1.68 bits per heavy atom. The van der Waals surface area contributed by atoms with Crippen molar-refractivity contribution in [3.63, 3.8) is 0 Å². The van der Waals surface area contributed by atoms with E-state index in [1.807, 2.05) is 46.0 Å². The lowest BCUT2D eigenvalue weighted by Crippen LogP contribution is -2.68. The van der Waals surface area contributed by atoms with Crippen LogP contribution in [0, 0.1) is 0 Å². The van der Waals surface area contributed by atoms with Gasteiger partial charge < -0.3 is 113 Å². The molecule has 11 rings (SSSR count). The molecule has 4 aromatic heterocycles. The maximum absolute atomic E-state index is 12.0. The second-order valence-corrected chi connectivity index (χ2v) is 25.9. The lowest BCUT2D eigenvalue weighted by Gasteiger charge is -2.47. The van der Waals surface area contributed by atoms with Gasteiger partial charge >= 0.3 is 0 Å². The molecule has 0 spiro atoms. The number of unbranched alkanes of at least 4 members (excludes halogenated alkanes) is 8. The fraction of sp³-hybridized carbons (Fsp3) is 0.694. The maximum atomic E-state index is 12.0. The molecule has 32 heteroatoms. The van der Waals surface area contributed by atoms with Gasteiger partial charge in [0.25, 0.3) is 0 Å². The van der Waals surface area contributed by atoms with E-state index < -0.39 is 116 Å². The molecule has 94 heavy (non-hydrogen) atoms. The molecule has 4 saturated heterocycles. The van der Waals surface area contributed by atoms with Crippen LogP contribution in [0.5, 0.6) is 5.75 Å². The molecule has 2 aromatic carbocycles. The van der Waals surface area contributed by atoms with Crippen LogP contribution in [-0.4, -0.2) is 253 Å². The third kappa shape index (κ3) is 17.1. The summed E-state index contributed by atoms with van der Waals surface area (Å²) in [5, 5.41) is 92.2. The molecule has 5 aliphatic rings. The summed E-state index contributed by atoms with van der Waals surface area (Å²) in [5.41, 5.74) is 43.7. The molecule has 1 aliphatic carbocycles. The van der Waals surface area contributed by atoms with E-state index in [2.05, 4.69) is 71.0 Å². The fourth-order valence-electron chi connectivity index (χ4n) is 13.0. The molecule has 6 aromatic rings. The Hall–Kier alpha value is -5.83. The van der Waals surface area contributed by atoms with Crippen molar-refractivity contribution in [1.29, 1.82) is 0 Å². The Labute approximate surface area is 545 Å². The molecule has 0 bridgehead atoms. The molecule has 0 amide bonds. The van der Waals surface area contributed by atoms with E-state index in [1.165, 1.54) is 36.1 Å². The summed E-state index contributed by atoms with van der Waals surface area (Å²) in [6.45, 7) is 5.78. The zero-order chi connectivity index (χ0) is 66.0. The highest BCUT2D eigenvalue weighted by Gasteiger charge is 2.55. The van der Waals surface area contributed by atoms with Crippen LogP contribution in [-0.2, 0) is 67.5 Å². The average molecular weight is 1320 g/mol. The van der Waals surface area contributed by atoms with E-state index in [0.717, 1.165) is 124 Å². The third-order valence-corrected chi connectivity index (χ3v) is 18.8. The minimum atomic E-state index is -1.61. The average Bonchev–Trinajstić information content (AvgIpc) is 1.44. The Balaban J connectivity index is 0.569. The van der Waals surface area contributed by atoms with Gasteiger partial charge in [-0.2, -0.15) is 0 Å². The van der Waals surface area contributed by atoms with Crippen LogP contribution in [0.25, 0.3) is 22.4 Å². The normalized spacial score (nSPS) is 31.8. The number of aromatic amines is 1. The molecular weight excluding hydrogens is 1220 g/mol. The van der Waals surface area contributed by atoms with Gasteiger partial charge in [0.1, 0.15) is 91.0 Å². The number of piperazine rings is 1. The van der Waals surface area contributed by atoms with Crippen LogP contribution in [0.4, 0.5) is 5.69 Å². The molecule has 8 heterocycles. The minimum absolute atomic E-state index is 0.0300. The van der Waals surface area contributed by atoms with E-state index in [-0.39, 0.29) is 26.1 Å². The lowest BCUT2D eigenvalue weighted by atomic mass is 9.84. The first kappa shape index (κ1) is 69.5. The monoisotopic (exact) mass is 1320 g/mol. The number of benzene rings is 2. The standard InChI is InChI=1S/C62H97N19O13/c1-77-22-24-78(25-23-77)39-16-19-43-44(26-39)70-59(69-43)35-14-17-40(18-15-35)88-34-38-32-80(75-73-38)21-11-7-5-3-2-4-6-10-20-79-30-36(71-74-79)12-8-9-13-37-31-81(76-72-37)33-47-57(93-61-49(68)54(86)52(84)46(29-64)90-61)55(87)62(91-47)94-58-50(82)41(65)27-42(66)56(58)92-60-48(67)53(85)51(83)45(28-63)89-60/h14-19,26,30-32,41-42,45-58,60-62,82-87H,2-13,20-25,27-29,33-34,63-68H2,1H3,(H,69,70)/t41-,42?,45?,46?,47?,48?,49?,50-,51-,52-,53-,54?,55+,56-,57+,58?,60-,61-,62?/m1/s1. The van der Waals surface area contributed by atoms with E-state index in [4.69, 9.17) is 72.5 Å². The van der Waals surface area contributed by atoms with Crippen molar-refractivity contribution in [3.8, 4) is 17.1 Å². The number of hydrogen-bond donors (Lipinski definition) is 13. The summed E-state index contributed by atoms with van der Waals surface area (Å²) in [4.78, 5) is 13.1. The number of aromatic nitrogens is 11. The molecule has 32 nitrogen and oxygen atoms in total. The lowest BCUT2D eigenvalue weighted by molar-refractivity contribution is -0.306. The first-order valence-corrected chi connectivity index (χ1v) is 33.3. The SMILES string of the molecule is CN1CCN(c2ccc3nc(-c4ccc(OCc5cn(CCCCCCCCCCn6cc(CCCCc7cn(CC8OC(OC9[C@H](O[C@H]%10OC(CN)[C@@H](O)[C@H](O)C%10N)C(N)C[C@@H](N)[C@H]9O)[C@@H](O)[C@H]8O[C@H]8OC(CN)[C@@H](O)C(O)C8N)nn7)nn6)nn5)cc4)[nH]c3c2)CC1. The maximum Gasteiger partial charge on any atom is 0.187 e. The minimum Gasteiger partial charge on any atom is -0.487 e. The second kappa shape index (κ2) is 32.5. The summed E-state index contributed by atoms with van der Waals surface area (Å²) < 4.78 is 48.3. The van der Waals surface area contributed by atoms with E-state index >= 15 is 0 Å². The molecule has 19 N–H and O–H groups in total. The molecule has 19 atom stereocenters. The molecule has 5 fully saturated rings. The molecular formula is C62H97N19O13. The van der Waals surface area contributed by atoms with E-state index in [1.54, 1.807) is 6.20 Å². The number of rotatable bonds is 31. The number of fused-ring (bicyclic) bond motifs is 1. The number of aryl methyl sites for hydroxylation is 4. The second-order valence-electron chi connectivity index (χ2n) is 25.9. The number of imidazole rings is 1. The smallest absolute Gasteiger partial charge is 0.187 e. The highest BCUT2D eigenvalue weighted by Crippen LogP contribution is 2.36. The number of hydrogen-bond acceptors (Lipinski definition) is 28.